The fourth-order valence-corrected chi connectivity index (χ4v) is 2.06. The highest BCUT2D eigenvalue weighted by Gasteiger charge is 2.29. The molecule has 0 aromatic rings. The van der Waals surface area contributed by atoms with Crippen molar-refractivity contribution in [1.82, 2.24) is 9.80 Å². The van der Waals surface area contributed by atoms with Crippen molar-refractivity contribution in [3.63, 3.8) is 0 Å². The Hall–Kier alpha value is -0.650. The molecular formula is C11H22N2O3. The molecule has 94 valence electrons. The number of hydrogen-bond acceptors (Lipinski definition) is 4. The molecule has 1 unspecified atom stereocenters. The van der Waals surface area contributed by atoms with E-state index in [4.69, 9.17) is 9.84 Å². The van der Waals surface area contributed by atoms with E-state index >= 15 is 0 Å². The van der Waals surface area contributed by atoms with Gasteiger partial charge in [-0.25, -0.2) is 0 Å². The summed E-state index contributed by atoms with van der Waals surface area (Å²) in [5.74, 6) is -0.792. The molecule has 0 radical (unpaired) electrons. The highest BCUT2D eigenvalue weighted by atomic mass is 16.5. The average molecular weight is 230 g/mol. The monoisotopic (exact) mass is 230 g/mol. The maximum atomic E-state index is 11.1. The fourth-order valence-electron chi connectivity index (χ4n) is 2.06. The van der Waals surface area contributed by atoms with Gasteiger partial charge >= 0.3 is 5.97 Å². The first-order chi connectivity index (χ1) is 7.56. The number of carboxylic acid groups (broad SMARTS) is 1. The number of carboxylic acids is 1. The standard InChI is InChI=1S/C11H22N2O3/c1-9(2)12-4-6-13(7-5-12)10(8-16-3)11(14)15/h9-10H,4-8H2,1-3H3,(H,14,15). The van der Waals surface area contributed by atoms with E-state index in [2.05, 4.69) is 18.7 Å². The summed E-state index contributed by atoms with van der Waals surface area (Å²) in [5, 5.41) is 9.10. The molecule has 0 aromatic heterocycles. The number of nitrogens with zero attached hydrogens (tertiary/aromatic N) is 2. The lowest BCUT2D eigenvalue weighted by molar-refractivity contribution is -0.146. The lowest BCUT2D eigenvalue weighted by Crippen LogP contribution is -2.55. The van der Waals surface area contributed by atoms with Gasteiger partial charge in [-0.3, -0.25) is 14.6 Å². The van der Waals surface area contributed by atoms with E-state index in [9.17, 15) is 4.79 Å². The van der Waals surface area contributed by atoms with E-state index in [1.54, 1.807) is 7.11 Å². The molecule has 1 N–H and O–H groups in total. The van der Waals surface area contributed by atoms with E-state index in [1.165, 1.54) is 0 Å². The zero-order valence-electron chi connectivity index (χ0n) is 10.3. The lowest BCUT2D eigenvalue weighted by atomic mass is 10.2. The molecule has 1 fully saturated rings. The van der Waals surface area contributed by atoms with Crippen LogP contribution in [-0.4, -0.2) is 72.9 Å². The Morgan fingerprint density at radius 1 is 1.25 bits per heavy atom. The minimum absolute atomic E-state index is 0.261. The Morgan fingerprint density at radius 3 is 2.12 bits per heavy atom. The maximum absolute atomic E-state index is 11.1. The fraction of sp³-hybridized carbons (Fsp3) is 0.909. The van der Waals surface area contributed by atoms with Gasteiger partial charge in [0.05, 0.1) is 6.61 Å². The summed E-state index contributed by atoms with van der Waals surface area (Å²) in [5.41, 5.74) is 0. The van der Waals surface area contributed by atoms with E-state index in [1.807, 2.05) is 4.90 Å². The summed E-state index contributed by atoms with van der Waals surface area (Å²) < 4.78 is 4.96. The number of methoxy groups -OCH3 is 1. The third kappa shape index (κ3) is 3.43. The number of piperazine rings is 1. The van der Waals surface area contributed by atoms with Crippen LogP contribution in [0.4, 0.5) is 0 Å². The van der Waals surface area contributed by atoms with Crippen LogP contribution in [0.2, 0.25) is 0 Å². The number of hydrogen-bond donors (Lipinski definition) is 1. The zero-order chi connectivity index (χ0) is 12.1. The third-order valence-corrected chi connectivity index (χ3v) is 3.13. The molecule has 5 heteroatoms. The van der Waals surface area contributed by atoms with E-state index in [0.29, 0.717) is 6.04 Å². The second-order valence-corrected chi connectivity index (χ2v) is 4.48. The molecule has 1 atom stereocenters. The molecule has 0 aromatic carbocycles. The van der Waals surface area contributed by atoms with Crippen LogP contribution in [0, 0.1) is 0 Å². The van der Waals surface area contributed by atoms with Crippen molar-refractivity contribution in [2.24, 2.45) is 0 Å². The van der Waals surface area contributed by atoms with Crippen LogP contribution in [0.3, 0.4) is 0 Å². The summed E-state index contributed by atoms with van der Waals surface area (Å²) in [4.78, 5) is 15.4. The Kier molecular flexibility index (Phi) is 5.18. The first-order valence-corrected chi connectivity index (χ1v) is 5.76. The largest absolute Gasteiger partial charge is 0.480 e. The highest BCUT2D eigenvalue weighted by Crippen LogP contribution is 2.09. The number of aliphatic carboxylic acids is 1. The van der Waals surface area contributed by atoms with Crippen LogP contribution in [0.5, 0.6) is 0 Å². The molecular weight excluding hydrogens is 208 g/mol. The van der Waals surface area contributed by atoms with Gasteiger partial charge in [0.1, 0.15) is 6.04 Å². The van der Waals surface area contributed by atoms with E-state index in [-0.39, 0.29) is 6.61 Å². The molecule has 0 saturated carbocycles. The second kappa shape index (κ2) is 6.18. The average Bonchev–Trinajstić information content (AvgIpc) is 2.25. The van der Waals surface area contributed by atoms with Crippen molar-refractivity contribution < 1.29 is 14.6 Å². The molecule has 1 aliphatic heterocycles. The molecule has 1 saturated heterocycles. The Labute approximate surface area is 97.0 Å². The molecule has 1 rings (SSSR count). The van der Waals surface area contributed by atoms with Gasteiger partial charge in [0.2, 0.25) is 0 Å². The van der Waals surface area contributed by atoms with Gasteiger partial charge in [-0.1, -0.05) is 0 Å². The molecule has 5 nitrogen and oxygen atoms in total. The van der Waals surface area contributed by atoms with E-state index < -0.39 is 12.0 Å². The third-order valence-electron chi connectivity index (χ3n) is 3.13. The van der Waals surface area contributed by atoms with Gasteiger partial charge in [0.15, 0.2) is 0 Å². The van der Waals surface area contributed by atoms with Gasteiger partial charge < -0.3 is 9.84 Å². The van der Waals surface area contributed by atoms with Crippen LogP contribution >= 0.6 is 0 Å². The van der Waals surface area contributed by atoms with Gasteiger partial charge in [-0.2, -0.15) is 0 Å². The number of ether oxygens (including phenoxy) is 1. The van der Waals surface area contributed by atoms with Crippen LogP contribution < -0.4 is 0 Å². The minimum Gasteiger partial charge on any atom is -0.480 e. The van der Waals surface area contributed by atoms with Crippen LogP contribution in [0.1, 0.15) is 13.8 Å². The van der Waals surface area contributed by atoms with Crippen molar-refractivity contribution in [3.05, 3.63) is 0 Å². The van der Waals surface area contributed by atoms with Gasteiger partial charge in [0.25, 0.3) is 0 Å². The van der Waals surface area contributed by atoms with Crippen LogP contribution in [-0.2, 0) is 9.53 Å². The van der Waals surface area contributed by atoms with Crippen molar-refractivity contribution >= 4 is 5.97 Å². The van der Waals surface area contributed by atoms with Gasteiger partial charge in [-0.05, 0) is 13.8 Å². The normalized spacial score (nSPS) is 21.2. The number of carbonyl (C=O) groups is 1. The van der Waals surface area contributed by atoms with Crippen LogP contribution in [0.15, 0.2) is 0 Å². The molecule has 0 spiro atoms. The summed E-state index contributed by atoms with van der Waals surface area (Å²) in [6.07, 6.45) is 0. The first kappa shape index (κ1) is 13.4. The van der Waals surface area contributed by atoms with Gasteiger partial charge in [0, 0.05) is 39.3 Å². The summed E-state index contributed by atoms with van der Waals surface area (Å²) in [7, 11) is 1.54. The summed E-state index contributed by atoms with van der Waals surface area (Å²) >= 11 is 0. The molecule has 0 aliphatic carbocycles. The van der Waals surface area contributed by atoms with Crippen molar-refractivity contribution in [2.75, 3.05) is 39.9 Å². The molecule has 16 heavy (non-hydrogen) atoms. The SMILES string of the molecule is COCC(C(=O)O)N1CCN(C(C)C)CC1. The Bertz CT molecular complexity index is 225. The van der Waals surface area contributed by atoms with E-state index in [0.717, 1.165) is 26.2 Å². The second-order valence-electron chi connectivity index (χ2n) is 4.48. The highest BCUT2D eigenvalue weighted by molar-refractivity contribution is 5.73. The predicted octanol–water partition coefficient (Wildman–Crippen LogP) is 0.112. The molecule has 1 heterocycles. The Balaban J connectivity index is 2.47. The maximum Gasteiger partial charge on any atom is 0.323 e. The van der Waals surface area contributed by atoms with Crippen molar-refractivity contribution in [1.29, 1.82) is 0 Å². The first-order valence-electron chi connectivity index (χ1n) is 5.76. The molecule has 1 aliphatic rings. The smallest absolute Gasteiger partial charge is 0.323 e. The summed E-state index contributed by atoms with van der Waals surface area (Å²) in [6.45, 7) is 8.07. The quantitative estimate of drug-likeness (QED) is 0.726. The van der Waals surface area contributed by atoms with Crippen molar-refractivity contribution in [3.8, 4) is 0 Å². The summed E-state index contributed by atoms with van der Waals surface area (Å²) in [6, 6.07) is 0.0344. The van der Waals surface area contributed by atoms with Gasteiger partial charge in [-0.15, -0.1) is 0 Å². The van der Waals surface area contributed by atoms with Crippen molar-refractivity contribution in [2.45, 2.75) is 25.9 Å². The molecule has 0 amide bonds. The van der Waals surface area contributed by atoms with Crippen LogP contribution in [0.25, 0.3) is 0 Å². The topological polar surface area (TPSA) is 53.0 Å². The lowest BCUT2D eigenvalue weighted by Gasteiger charge is -2.39. The minimum atomic E-state index is -0.792. The predicted molar refractivity (Wildman–Crippen MR) is 61.6 cm³/mol. The number of rotatable bonds is 5. The Morgan fingerprint density at radius 2 is 1.75 bits per heavy atom. The zero-order valence-corrected chi connectivity index (χ0v) is 10.3. The molecule has 0 bridgehead atoms.